The van der Waals surface area contributed by atoms with Gasteiger partial charge in [0.25, 0.3) is 0 Å². The van der Waals surface area contributed by atoms with E-state index in [0.717, 1.165) is 44.0 Å². The SMILES string of the molecule is O=C1O[C@H](c2ccccc2)CN1C(CN1CCOCC1)c1ccccc1. The van der Waals surface area contributed by atoms with Crippen LogP contribution in [-0.2, 0) is 9.47 Å². The minimum absolute atomic E-state index is 0.0180. The smallest absolute Gasteiger partial charge is 0.411 e. The van der Waals surface area contributed by atoms with Crippen molar-refractivity contribution < 1.29 is 14.3 Å². The van der Waals surface area contributed by atoms with Crippen LogP contribution in [0, 0.1) is 0 Å². The lowest BCUT2D eigenvalue weighted by Crippen LogP contribution is -2.43. The predicted octanol–water partition coefficient (Wildman–Crippen LogP) is 3.25. The zero-order valence-corrected chi connectivity index (χ0v) is 14.8. The lowest BCUT2D eigenvalue weighted by Gasteiger charge is -2.34. The third-order valence-electron chi connectivity index (χ3n) is 5.11. The molecule has 0 aliphatic carbocycles. The van der Waals surface area contributed by atoms with E-state index in [1.807, 2.05) is 53.4 Å². The van der Waals surface area contributed by atoms with Gasteiger partial charge in [-0.25, -0.2) is 4.79 Å². The van der Waals surface area contributed by atoms with Gasteiger partial charge in [0.15, 0.2) is 0 Å². The van der Waals surface area contributed by atoms with Crippen molar-refractivity contribution in [2.45, 2.75) is 12.1 Å². The number of morpholine rings is 1. The number of ether oxygens (including phenoxy) is 2. The molecule has 2 saturated heterocycles. The Balaban J connectivity index is 1.56. The van der Waals surface area contributed by atoms with Crippen molar-refractivity contribution in [3.05, 3.63) is 71.8 Å². The largest absolute Gasteiger partial charge is 0.439 e. The standard InChI is InChI=1S/C21H24N2O3/c24-21-23(16-20(26-21)18-9-5-2-6-10-18)19(17-7-3-1-4-8-17)15-22-11-13-25-14-12-22/h1-10,19-20H,11-16H2/t19?,20-/m0/s1. The first-order chi connectivity index (χ1) is 12.8. The fourth-order valence-electron chi connectivity index (χ4n) is 3.66. The summed E-state index contributed by atoms with van der Waals surface area (Å²) in [5.74, 6) is 0. The molecule has 0 bridgehead atoms. The summed E-state index contributed by atoms with van der Waals surface area (Å²) in [5, 5.41) is 0. The quantitative estimate of drug-likeness (QED) is 0.828. The molecule has 2 heterocycles. The molecule has 0 saturated carbocycles. The first-order valence-electron chi connectivity index (χ1n) is 9.18. The number of rotatable bonds is 5. The van der Waals surface area contributed by atoms with Gasteiger partial charge < -0.3 is 9.47 Å². The maximum absolute atomic E-state index is 12.7. The van der Waals surface area contributed by atoms with Gasteiger partial charge in [0.1, 0.15) is 6.10 Å². The predicted molar refractivity (Wildman–Crippen MR) is 98.8 cm³/mol. The summed E-state index contributed by atoms with van der Waals surface area (Å²) < 4.78 is 11.2. The van der Waals surface area contributed by atoms with Crippen LogP contribution in [0.25, 0.3) is 0 Å². The molecule has 2 aromatic carbocycles. The van der Waals surface area contributed by atoms with E-state index in [0.29, 0.717) is 6.54 Å². The fraction of sp³-hybridized carbons (Fsp3) is 0.381. The first-order valence-corrected chi connectivity index (χ1v) is 9.18. The normalized spacial score (nSPS) is 22.2. The molecule has 26 heavy (non-hydrogen) atoms. The van der Waals surface area contributed by atoms with Gasteiger partial charge in [-0.2, -0.15) is 0 Å². The highest BCUT2D eigenvalue weighted by molar-refractivity contribution is 5.71. The van der Waals surface area contributed by atoms with Crippen molar-refractivity contribution in [2.75, 3.05) is 39.4 Å². The Morgan fingerprint density at radius 3 is 2.31 bits per heavy atom. The molecular formula is C21H24N2O3. The number of hydrogen-bond donors (Lipinski definition) is 0. The zero-order valence-electron chi connectivity index (χ0n) is 14.8. The molecule has 0 spiro atoms. The van der Waals surface area contributed by atoms with Gasteiger partial charge in [0, 0.05) is 19.6 Å². The average molecular weight is 352 g/mol. The summed E-state index contributed by atoms with van der Waals surface area (Å²) in [6.45, 7) is 4.66. The molecule has 0 radical (unpaired) electrons. The summed E-state index contributed by atoms with van der Waals surface area (Å²) in [4.78, 5) is 16.9. The Bertz CT molecular complexity index is 717. The maximum atomic E-state index is 12.7. The number of carbonyl (C=O) groups excluding carboxylic acids is 1. The van der Waals surface area contributed by atoms with E-state index in [1.54, 1.807) is 0 Å². The summed E-state index contributed by atoms with van der Waals surface area (Å²) in [6, 6.07) is 20.2. The van der Waals surface area contributed by atoms with E-state index in [4.69, 9.17) is 9.47 Å². The van der Waals surface area contributed by atoms with Crippen LogP contribution in [-0.4, -0.2) is 55.3 Å². The third kappa shape index (κ3) is 3.74. The number of nitrogens with zero attached hydrogens (tertiary/aromatic N) is 2. The summed E-state index contributed by atoms with van der Waals surface area (Å²) in [5.41, 5.74) is 2.19. The zero-order chi connectivity index (χ0) is 17.8. The van der Waals surface area contributed by atoms with Crippen LogP contribution in [0.1, 0.15) is 23.3 Å². The first kappa shape index (κ1) is 17.1. The highest BCUT2D eigenvalue weighted by Gasteiger charge is 2.38. The molecule has 2 atom stereocenters. The second kappa shape index (κ2) is 7.89. The molecule has 4 rings (SSSR count). The fourth-order valence-corrected chi connectivity index (χ4v) is 3.66. The molecule has 5 heteroatoms. The highest BCUT2D eigenvalue weighted by Crippen LogP contribution is 2.33. The minimum Gasteiger partial charge on any atom is -0.439 e. The van der Waals surface area contributed by atoms with E-state index in [9.17, 15) is 4.79 Å². The van der Waals surface area contributed by atoms with Crippen molar-refractivity contribution >= 4 is 6.09 Å². The van der Waals surface area contributed by atoms with E-state index in [-0.39, 0.29) is 18.2 Å². The number of amides is 1. The van der Waals surface area contributed by atoms with Crippen molar-refractivity contribution in [1.29, 1.82) is 0 Å². The van der Waals surface area contributed by atoms with Gasteiger partial charge in [-0.05, 0) is 11.1 Å². The van der Waals surface area contributed by atoms with E-state index in [1.165, 1.54) is 0 Å². The number of carbonyl (C=O) groups is 1. The molecule has 5 nitrogen and oxygen atoms in total. The lowest BCUT2D eigenvalue weighted by molar-refractivity contribution is 0.0267. The summed E-state index contributed by atoms with van der Waals surface area (Å²) >= 11 is 0. The van der Waals surface area contributed by atoms with E-state index < -0.39 is 0 Å². The molecule has 0 aromatic heterocycles. The Morgan fingerprint density at radius 1 is 0.962 bits per heavy atom. The number of benzene rings is 2. The van der Waals surface area contributed by atoms with Crippen LogP contribution >= 0.6 is 0 Å². The lowest BCUT2D eigenvalue weighted by atomic mass is 10.0. The van der Waals surface area contributed by atoms with Crippen LogP contribution in [0.15, 0.2) is 60.7 Å². The Labute approximate surface area is 154 Å². The minimum atomic E-state index is -0.235. The summed E-state index contributed by atoms with van der Waals surface area (Å²) in [6.07, 6.45) is -0.444. The molecule has 2 aromatic rings. The van der Waals surface area contributed by atoms with Crippen molar-refractivity contribution in [1.82, 2.24) is 9.80 Å². The molecule has 2 fully saturated rings. The number of cyclic esters (lactones) is 1. The second-order valence-corrected chi connectivity index (χ2v) is 6.77. The van der Waals surface area contributed by atoms with Gasteiger partial charge in [0.05, 0.1) is 25.8 Å². The van der Waals surface area contributed by atoms with Gasteiger partial charge in [-0.15, -0.1) is 0 Å². The van der Waals surface area contributed by atoms with Crippen molar-refractivity contribution in [2.24, 2.45) is 0 Å². The highest BCUT2D eigenvalue weighted by atomic mass is 16.6. The monoisotopic (exact) mass is 352 g/mol. The molecule has 2 aliphatic heterocycles. The topological polar surface area (TPSA) is 42.0 Å². The molecule has 0 N–H and O–H groups in total. The van der Waals surface area contributed by atoms with Crippen LogP contribution in [0.3, 0.4) is 0 Å². The second-order valence-electron chi connectivity index (χ2n) is 6.77. The third-order valence-corrected chi connectivity index (χ3v) is 5.11. The van der Waals surface area contributed by atoms with Gasteiger partial charge >= 0.3 is 6.09 Å². The Hall–Kier alpha value is -2.37. The van der Waals surface area contributed by atoms with Crippen molar-refractivity contribution in [3.8, 4) is 0 Å². The van der Waals surface area contributed by atoms with Crippen LogP contribution in [0.2, 0.25) is 0 Å². The number of hydrogen-bond acceptors (Lipinski definition) is 4. The van der Waals surface area contributed by atoms with Crippen LogP contribution in [0.5, 0.6) is 0 Å². The van der Waals surface area contributed by atoms with E-state index in [2.05, 4.69) is 17.0 Å². The molecule has 136 valence electrons. The molecule has 1 amide bonds. The van der Waals surface area contributed by atoms with Crippen molar-refractivity contribution in [3.63, 3.8) is 0 Å². The molecule has 1 unspecified atom stereocenters. The van der Waals surface area contributed by atoms with Gasteiger partial charge in [0.2, 0.25) is 0 Å². The molecule has 2 aliphatic rings. The Kier molecular flexibility index (Phi) is 5.18. The van der Waals surface area contributed by atoms with Gasteiger partial charge in [-0.1, -0.05) is 60.7 Å². The van der Waals surface area contributed by atoms with Crippen LogP contribution < -0.4 is 0 Å². The van der Waals surface area contributed by atoms with Crippen LogP contribution in [0.4, 0.5) is 4.79 Å². The maximum Gasteiger partial charge on any atom is 0.411 e. The van der Waals surface area contributed by atoms with Gasteiger partial charge in [-0.3, -0.25) is 9.80 Å². The molecular weight excluding hydrogens is 328 g/mol. The average Bonchev–Trinajstić information content (AvgIpc) is 3.10. The summed E-state index contributed by atoms with van der Waals surface area (Å²) in [7, 11) is 0. The van der Waals surface area contributed by atoms with E-state index >= 15 is 0 Å². The Morgan fingerprint density at radius 2 is 1.62 bits per heavy atom.